The summed E-state index contributed by atoms with van der Waals surface area (Å²) in [5.41, 5.74) is 1.86. The number of carbonyl (C=O) groups is 1. The first kappa shape index (κ1) is 12.5. The highest BCUT2D eigenvalue weighted by atomic mass is 16.6. The Labute approximate surface area is 114 Å². The van der Waals surface area contributed by atoms with Gasteiger partial charge in [0.25, 0.3) is 0 Å². The standard InChI is InChI=1S/C16H20O3/c1-11(10-12-6-5-9-14-15(12)19-14)16(17)18-13-7-3-2-4-8-13/h7,10,14H,2-6,8-9H2,1H3/b11-10+. The Morgan fingerprint density at radius 1 is 1.37 bits per heavy atom. The minimum absolute atomic E-state index is 0.218. The zero-order chi connectivity index (χ0) is 13.2. The Kier molecular flexibility index (Phi) is 3.45. The molecule has 0 aromatic carbocycles. The number of epoxide rings is 1. The Morgan fingerprint density at radius 2 is 2.26 bits per heavy atom. The predicted molar refractivity (Wildman–Crippen MR) is 72.2 cm³/mol. The molecular weight excluding hydrogens is 240 g/mol. The second-order valence-electron chi connectivity index (χ2n) is 5.52. The molecule has 3 rings (SSSR count). The largest absolute Gasteiger partial charge is 0.483 e. The van der Waals surface area contributed by atoms with Crippen molar-refractivity contribution < 1.29 is 14.3 Å². The second-order valence-corrected chi connectivity index (χ2v) is 5.52. The van der Waals surface area contributed by atoms with Gasteiger partial charge in [-0.1, -0.05) is 0 Å². The number of carbonyl (C=O) groups excluding carboxylic acids is 1. The number of rotatable bonds is 3. The van der Waals surface area contributed by atoms with Gasteiger partial charge in [0.2, 0.25) is 0 Å². The molecule has 19 heavy (non-hydrogen) atoms. The highest BCUT2D eigenvalue weighted by Crippen LogP contribution is 2.41. The van der Waals surface area contributed by atoms with E-state index in [2.05, 4.69) is 0 Å². The third kappa shape index (κ3) is 2.91. The Bertz CT molecular complexity index is 482. The van der Waals surface area contributed by atoms with Crippen molar-refractivity contribution in [3.63, 3.8) is 0 Å². The molecule has 0 saturated carbocycles. The van der Waals surface area contributed by atoms with Gasteiger partial charge in [0, 0.05) is 12.0 Å². The minimum atomic E-state index is -0.218. The zero-order valence-electron chi connectivity index (χ0n) is 11.4. The van der Waals surface area contributed by atoms with Gasteiger partial charge in [-0.3, -0.25) is 0 Å². The number of allylic oxidation sites excluding steroid dienone is 4. The van der Waals surface area contributed by atoms with Crippen molar-refractivity contribution in [3.8, 4) is 0 Å². The van der Waals surface area contributed by atoms with E-state index in [1.807, 2.05) is 19.1 Å². The third-order valence-corrected chi connectivity index (χ3v) is 3.92. The van der Waals surface area contributed by atoms with E-state index in [-0.39, 0.29) is 5.97 Å². The van der Waals surface area contributed by atoms with Crippen LogP contribution >= 0.6 is 0 Å². The lowest BCUT2D eigenvalue weighted by molar-refractivity contribution is -0.135. The van der Waals surface area contributed by atoms with Crippen LogP contribution in [0, 0.1) is 0 Å². The summed E-state index contributed by atoms with van der Waals surface area (Å²) in [4.78, 5) is 12.0. The molecule has 1 saturated heterocycles. The maximum absolute atomic E-state index is 12.0. The molecular formula is C16H20O3. The molecule has 0 aromatic rings. The van der Waals surface area contributed by atoms with Gasteiger partial charge in [-0.05, 0) is 63.2 Å². The molecule has 0 bridgehead atoms. The van der Waals surface area contributed by atoms with Crippen LogP contribution in [-0.2, 0) is 14.3 Å². The van der Waals surface area contributed by atoms with Crippen molar-refractivity contribution in [1.29, 1.82) is 0 Å². The van der Waals surface area contributed by atoms with Gasteiger partial charge in [0.15, 0.2) is 6.10 Å². The smallest absolute Gasteiger partial charge is 0.338 e. The maximum atomic E-state index is 12.0. The van der Waals surface area contributed by atoms with E-state index in [4.69, 9.17) is 9.47 Å². The van der Waals surface area contributed by atoms with Crippen molar-refractivity contribution in [2.75, 3.05) is 0 Å². The average molecular weight is 260 g/mol. The van der Waals surface area contributed by atoms with Gasteiger partial charge >= 0.3 is 5.97 Å². The average Bonchev–Trinajstić information content (AvgIpc) is 3.20. The van der Waals surface area contributed by atoms with Gasteiger partial charge in [0.05, 0.1) is 0 Å². The van der Waals surface area contributed by atoms with Gasteiger partial charge in [-0.2, -0.15) is 0 Å². The summed E-state index contributed by atoms with van der Waals surface area (Å²) in [7, 11) is 0. The normalized spacial score (nSPS) is 26.3. The zero-order valence-corrected chi connectivity index (χ0v) is 11.4. The Hall–Kier alpha value is -1.51. The first-order chi connectivity index (χ1) is 9.24. The summed E-state index contributed by atoms with van der Waals surface area (Å²) in [6.07, 6.45) is 11.8. The van der Waals surface area contributed by atoms with Crippen LogP contribution in [0.3, 0.4) is 0 Å². The van der Waals surface area contributed by atoms with Crippen molar-refractivity contribution in [2.45, 2.75) is 58.0 Å². The molecule has 0 N–H and O–H groups in total. The fraction of sp³-hybridized carbons (Fsp3) is 0.562. The fourth-order valence-electron chi connectivity index (χ4n) is 2.76. The van der Waals surface area contributed by atoms with Crippen molar-refractivity contribution in [3.05, 3.63) is 34.8 Å². The van der Waals surface area contributed by atoms with Crippen LogP contribution in [0.15, 0.2) is 34.8 Å². The van der Waals surface area contributed by atoms with Crippen LogP contribution in [0.1, 0.15) is 51.9 Å². The topological polar surface area (TPSA) is 38.8 Å². The Morgan fingerprint density at radius 3 is 3.05 bits per heavy atom. The number of ether oxygens (including phenoxy) is 2. The molecule has 1 unspecified atom stereocenters. The van der Waals surface area contributed by atoms with Crippen LogP contribution in [-0.4, -0.2) is 12.1 Å². The van der Waals surface area contributed by atoms with E-state index < -0.39 is 0 Å². The molecule has 3 heteroatoms. The molecule has 1 atom stereocenters. The summed E-state index contributed by atoms with van der Waals surface area (Å²) in [5.74, 6) is 1.71. The van der Waals surface area contributed by atoms with Gasteiger partial charge in [-0.25, -0.2) is 4.79 Å². The molecule has 3 nitrogen and oxygen atoms in total. The highest BCUT2D eigenvalue weighted by molar-refractivity contribution is 5.89. The first-order valence-corrected chi connectivity index (χ1v) is 7.23. The quantitative estimate of drug-likeness (QED) is 0.440. The van der Waals surface area contributed by atoms with E-state index in [9.17, 15) is 4.79 Å². The van der Waals surface area contributed by atoms with Gasteiger partial charge in [-0.15, -0.1) is 0 Å². The molecule has 0 spiro atoms. The van der Waals surface area contributed by atoms with Crippen molar-refractivity contribution >= 4 is 5.97 Å². The molecule has 0 radical (unpaired) electrons. The first-order valence-electron chi connectivity index (χ1n) is 7.23. The summed E-state index contributed by atoms with van der Waals surface area (Å²) in [6, 6.07) is 0. The van der Waals surface area contributed by atoms with Crippen molar-refractivity contribution in [1.82, 2.24) is 0 Å². The van der Waals surface area contributed by atoms with Gasteiger partial charge in [0.1, 0.15) is 11.5 Å². The van der Waals surface area contributed by atoms with Crippen LogP contribution < -0.4 is 0 Å². The molecule has 1 fully saturated rings. The van der Waals surface area contributed by atoms with E-state index in [1.165, 1.54) is 12.0 Å². The molecule has 1 heterocycles. The number of hydrogen-bond acceptors (Lipinski definition) is 3. The van der Waals surface area contributed by atoms with Crippen molar-refractivity contribution in [2.24, 2.45) is 0 Å². The second kappa shape index (κ2) is 5.24. The van der Waals surface area contributed by atoms with E-state index in [0.29, 0.717) is 11.7 Å². The summed E-state index contributed by atoms with van der Waals surface area (Å²) < 4.78 is 10.9. The van der Waals surface area contributed by atoms with Crippen LogP contribution in [0.2, 0.25) is 0 Å². The molecule has 2 aliphatic carbocycles. The van der Waals surface area contributed by atoms with Crippen LogP contribution in [0.4, 0.5) is 0 Å². The molecule has 3 aliphatic rings. The monoisotopic (exact) mass is 260 g/mol. The molecule has 1 aliphatic heterocycles. The van der Waals surface area contributed by atoms with E-state index in [0.717, 1.165) is 50.0 Å². The van der Waals surface area contributed by atoms with Crippen LogP contribution in [0.25, 0.3) is 0 Å². The minimum Gasteiger partial charge on any atom is -0.483 e. The number of fused-ring (bicyclic) bond motifs is 1. The Balaban J connectivity index is 1.64. The van der Waals surface area contributed by atoms with E-state index in [1.54, 1.807) is 0 Å². The SMILES string of the molecule is C/C(=C\C1=C2OC2CCC1)C(=O)OC1=CCCCC1. The molecule has 102 valence electrons. The van der Waals surface area contributed by atoms with Gasteiger partial charge < -0.3 is 9.47 Å². The lowest BCUT2D eigenvalue weighted by Gasteiger charge is -2.13. The molecule has 0 aromatic heterocycles. The summed E-state index contributed by atoms with van der Waals surface area (Å²) in [5, 5.41) is 0. The predicted octanol–water partition coefficient (Wildman–Crippen LogP) is 3.77. The van der Waals surface area contributed by atoms with E-state index >= 15 is 0 Å². The lowest BCUT2D eigenvalue weighted by atomic mass is 9.98. The highest BCUT2D eigenvalue weighted by Gasteiger charge is 2.37. The fourth-order valence-corrected chi connectivity index (χ4v) is 2.76. The number of esters is 1. The molecule has 0 amide bonds. The number of hydrogen-bond donors (Lipinski definition) is 0. The lowest BCUT2D eigenvalue weighted by Crippen LogP contribution is -2.08. The maximum Gasteiger partial charge on any atom is 0.338 e. The van der Waals surface area contributed by atoms with Crippen LogP contribution in [0.5, 0.6) is 0 Å². The third-order valence-electron chi connectivity index (χ3n) is 3.92. The summed E-state index contributed by atoms with van der Waals surface area (Å²) in [6.45, 7) is 1.82. The summed E-state index contributed by atoms with van der Waals surface area (Å²) >= 11 is 0.